The van der Waals surface area contributed by atoms with Gasteiger partial charge in [0.05, 0.1) is 85.2 Å². The van der Waals surface area contributed by atoms with Gasteiger partial charge in [0.2, 0.25) is 5.95 Å². The van der Waals surface area contributed by atoms with Gasteiger partial charge >= 0.3 is 0 Å². The average Bonchev–Trinajstić information content (AvgIpc) is 1.60. The molecule has 0 fully saturated rings. The Bertz CT molecular complexity index is 7260. The Morgan fingerprint density at radius 2 is 0.639 bits per heavy atom. The van der Waals surface area contributed by atoms with Gasteiger partial charge in [0.1, 0.15) is 0 Å². The van der Waals surface area contributed by atoms with Crippen LogP contribution in [0, 0.1) is 0 Å². The summed E-state index contributed by atoms with van der Waals surface area (Å²) in [5.74, 6) is -3.37. The average molecular weight is 1130 g/mol. The number of aromatic nitrogens is 6. The van der Waals surface area contributed by atoms with Gasteiger partial charge in [-0.25, -0.2) is 4.98 Å². The molecule has 6 nitrogen and oxygen atoms in total. The molecule has 0 saturated heterocycles. The first-order valence-corrected chi connectivity index (χ1v) is 29.4. The van der Waals surface area contributed by atoms with Crippen LogP contribution in [0.25, 0.3) is 106 Å². The number of nitrogens with zero attached hydrogens (tertiary/aromatic N) is 6. The molecule has 0 aliphatic carbocycles. The van der Waals surface area contributed by atoms with Gasteiger partial charge in [-0.3, -0.25) is 4.57 Å². The van der Waals surface area contributed by atoms with E-state index in [4.69, 9.17) is 25.9 Å². The Labute approximate surface area is 533 Å². The van der Waals surface area contributed by atoms with Crippen molar-refractivity contribution in [3.8, 4) is 40.1 Å². The van der Waals surface area contributed by atoms with E-state index >= 15 is 0 Å². The summed E-state index contributed by atoms with van der Waals surface area (Å²) in [7, 11) is -11.5. The molecule has 0 spiro atoms. The molecule has 0 saturated carbocycles. The van der Waals surface area contributed by atoms with Crippen molar-refractivity contribution in [2.45, 2.75) is 0 Å². The fourth-order valence-electron chi connectivity index (χ4n) is 12.2. The minimum Gasteiger partial charge on any atom is -0.309 e. The molecule has 2 aliphatic rings. The third-order valence-corrected chi connectivity index (χ3v) is 24.3. The highest BCUT2D eigenvalue weighted by atomic mass is 28.3. The molecule has 0 radical (unpaired) electrons. The van der Waals surface area contributed by atoms with Crippen molar-refractivity contribution in [2.24, 2.45) is 0 Å². The molecule has 8 heteroatoms. The van der Waals surface area contributed by atoms with Crippen molar-refractivity contribution in [3.63, 3.8) is 0 Å². The predicted molar refractivity (Wildman–Crippen MR) is 348 cm³/mol. The molecule has 12 aromatic carbocycles. The van der Waals surface area contributed by atoms with Crippen LogP contribution in [-0.2, 0) is 0 Å². The number of fused-ring (bicyclic) bond motifs is 13. The molecule has 386 valence electrons. The van der Waals surface area contributed by atoms with E-state index in [2.05, 4.69) is 0 Å². The van der Waals surface area contributed by atoms with Gasteiger partial charge in [-0.2, -0.15) is 9.97 Å². The van der Waals surface area contributed by atoms with Crippen LogP contribution < -0.4 is 41.5 Å². The maximum absolute atomic E-state index is 11.1. The van der Waals surface area contributed by atoms with Crippen molar-refractivity contribution >= 4 is 123 Å². The van der Waals surface area contributed by atoms with Crippen molar-refractivity contribution in [1.82, 2.24) is 28.7 Å². The molecule has 6 heterocycles. The molecule has 18 rings (SSSR count). The number of rotatable bonds is 7. The molecule has 0 bridgehead atoms. The molecule has 2 atom stereocenters. The molecule has 2 unspecified atom stereocenters. The first-order chi connectivity index (χ1) is 57.0. The van der Waals surface area contributed by atoms with Crippen LogP contribution >= 0.6 is 0 Å². The first kappa shape index (κ1) is 22.8. The van der Waals surface area contributed by atoms with Crippen LogP contribution in [0.15, 0.2) is 290 Å². The van der Waals surface area contributed by atoms with Crippen LogP contribution in [0.2, 0.25) is 0 Å². The van der Waals surface area contributed by atoms with E-state index in [0.717, 1.165) is 9.13 Å². The van der Waals surface area contributed by atoms with Gasteiger partial charge in [0.25, 0.3) is 0 Å². The second kappa shape index (κ2) is 17.5. The third-order valence-electron chi connectivity index (χ3n) is 15.4. The van der Waals surface area contributed by atoms with Crippen molar-refractivity contribution in [3.05, 3.63) is 290 Å². The highest BCUT2D eigenvalue weighted by Crippen LogP contribution is 2.38. The van der Waals surface area contributed by atoms with Crippen molar-refractivity contribution in [1.29, 1.82) is 0 Å². The van der Waals surface area contributed by atoms with Crippen molar-refractivity contribution in [2.75, 3.05) is 0 Å². The van der Waals surface area contributed by atoms with Crippen LogP contribution in [0.5, 0.6) is 0 Å². The Kier molecular flexibility index (Phi) is 4.80. The summed E-state index contributed by atoms with van der Waals surface area (Å²) in [6, 6.07) is -22.9. The number of para-hydroxylation sites is 8. The zero-order valence-electron chi connectivity index (χ0n) is 80.0. The SMILES string of the molecule is [2H]c1c([2H])c([2H])c2c(c1[2H])-n1c3c([2H])c([2H])c([2H])c([2H])c3c3c([2H])c([2H])c([2H])c(c31)[Si]2(c1ccccc1)c1c([2H])c([2H])c([2H])c(-c2nc(-c3c([2H])c([2H])c([2H])c([Si]4(c5ccccc5)c5c([2H])c([2H])c([2H])c([2H])c5-n5c6c([2H])c([2H])c([2H])c([2H])c6c6c([2H])c([2H])c([2H])c4c65)c3[2H])nc(-n3c4c([2H])c([2H])c([2H])c([2H])c4c4c([2H])c([2H])c([2H])c([2H])c43)n2)c1[2H]. The number of hydrogen-bond donors (Lipinski definition) is 0. The molecule has 0 amide bonds. The zero-order chi connectivity index (χ0) is 87.5. The van der Waals surface area contributed by atoms with Crippen LogP contribution in [0.1, 0.15) is 52.1 Å². The Morgan fingerprint density at radius 1 is 0.289 bits per heavy atom. The van der Waals surface area contributed by atoms with E-state index < -0.39 is 382 Å². The van der Waals surface area contributed by atoms with Gasteiger partial charge in [-0.05, 0) is 77.7 Å². The molecule has 2 aliphatic heterocycles. The Balaban J connectivity index is 1.08. The standard InChI is InChI=1S/C75H48N6Si2/c1-3-25-51(26-4-1)82(67-43-17-15-41-65(67)79-61-37-11-9-33-57(61)59-35-21-45-69(82)71(59)79)53-29-19-23-49(47-53)73-76-74(78-75(77-73)81-63-39-13-7-31-55(63)56-32-8-14-40-64(56)81)50-24-20-30-54(48-50)83(52-27-5-2-6-28-52)68-44-18-16-42-66(68)80-62-38-12-10-34-58(62)60-36-22-46-70(83)72(60)80/h1-48H/i7D,8D,9D,10D,11D,12D,13D,14D,15D,16D,17D,18D,19D,20D,21D,22D,23D,24D,29D,30D,31D,32D,33D,34D,35D,36D,37D,38D,39D,40D,41D,42D,43D,44D,45D,46D,47D,48D. The second-order valence-corrected chi connectivity index (χ2v) is 26.5. The summed E-state index contributed by atoms with van der Waals surface area (Å²) in [6.45, 7) is 0. The quantitative estimate of drug-likeness (QED) is 0.149. The van der Waals surface area contributed by atoms with E-state index in [0.29, 0.717) is 4.57 Å². The fraction of sp³-hybridized carbons (Fsp3) is 0. The Morgan fingerprint density at radius 3 is 1.08 bits per heavy atom. The van der Waals surface area contributed by atoms with Gasteiger partial charge < -0.3 is 9.13 Å². The summed E-state index contributed by atoms with van der Waals surface area (Å²) in [5, 5.41) is -7.24. The predicted octanol–water partition coefficient (Wildman–Crippen LogP) is 11.9. The zero-order valence-corrected chi connectivity index (χ0v) is 44.0. The minimum atomic E-state index is -5.76. The van der Waals surface area contributed by atoms with E-state index in [1.807, 2.05) is 0 Å². The van der Waals surface area contributed by atoms with E-state index in [1.54, 1.807) is 0 Å². The number of benzene rings is 12. The maximum Gasteiger partial charge on any atom is 0.238 e. The lowest BCUT2D eigenvalue weighted by molar-refractivity contribution is 0.953. The van der Waals surface area contributed by atoms with Gasteiger partial charge in [-0.15, -0.1) is 0 Å². The normalized spacial score (nSPS) is 22.5. The summed E-state index contributed by atoms with van der Waals surface area (Å²) in [4.78, 5) is 14.5. The molecular weight excluding hydrogens is 1040 g/mol. The van der Waals surface area contributed by atoms with Gasteiger partial charge in [0.15, 0.2) is 27.8 Å². The fourth-order valence-corrected chi connectivity index (χ4v) is 21.2. The third kappa shape index (κ3) is 6.22. The lowest BCUT2D eigenvalue weighted by Crippen LogP contribution is -2.76. The van der Waals surface area contributed by atoms with Crippen LogP contribution in [0.4, 0.5) is 0 Å². The second-order valence-electron chi connectivity index (χ2n) is 19.3. The molecule has 83 heavy (non-hydrogen) atoms. The molecule has 4 aromatic heterocycles. The van der Waals surface area contributed by atoms with E-state index in [1.165, 1.54) is 60.7 Å². The van der Waals surface area contributed by atoms with Crippen molar-refractivity contribution < 1.29 is 52.1 Å². The summed E-state index contributed by atoms with van der Waals surface area (Å²) >= 11 is 0. The first-order valence-electron chi connectivity index (χ1n) is 44.4. The van der Waals surface area contributed by atoms with Crippen LogP contribution in [-0.4, -0.2) is 44.8 Å². The lowest BCUT2D eigenvalue weighted by Gasteiger charge is -2.40. The summed E-state index contributed by atoms with van der Waals surface area (Å²) in [5.41, 5.74) is -6.77. The monoisotopic (exact) mass is 1130 g/mol. The van der Waals surface area contributed by atoms with Gasteiger partial charge in [-0.1, -0.05) is 254 Å². The molecule has 16 aromatic rings. The topological polar surface area (TPSA) is 53.5 Å². The largest absolute Gasteiger partial charge is 0.309 e. The van der Waals surface area contributed by atoms with Gasteiger partial charge in [0, 0.05) is 54.8 Å². The maximum atomic E-state index is 11.1. The Hall–Kier alpha value is -10.5. The lowest BCUT2D eigenvalue weighted by atomic mass is 10.1. The number of hydrogen-bond acceptors (Lipinski definition) is 3. The minimum absolute atomic E-state index is 0.125. The smallest absolute Gasteiger partial charge is 0.238 e. The summed E-state index contributed by atoms with van der Waals surface area (Å²) < 4.78 is 372. The van der Waals surface area contributed by atoms with Crippen LogP contribution in [0.3, 0.4) is 0 Å². The van der Waals surface area contributed by atoms with E-state index in [-0.39, 0.29) is 10.4 Å². The highest BCUT2D eigenvalue weighted by molar-refractivity contribution is 7.22. The molecule has 0 N–H and O–H groups in total. The highest BCUT2D eigenvalue weighted by Gasteiger charge is 2.49. The van der Waals surface area contributed by atoms with E-state index in [9.17, 15) is 41.1 Å². The molecular formula is C75H48N6Si2. The summed E-state index contributed by atoms with van der Waals surface area (Å²) in [6.07, 6.45) is 0.